The van der Waals surface area contributed by atoms with E-state index in [1.165, 1.54) is 6.07 Å². The lowest BCUT2D eigenvalue weighted by molar-refractivity contribution is 0.614. The van der Waals surface area contributed by atoms with Crippen molar-refractivity contribution in [3.63, 3.8) is 0 Å². The van der Waals surface area contributed by atoms with E-state index in [9.17, 15) is 4.39 Å². The highest BCUT2D eigenvalue weighted by molar-refractivity contribution is 5.38. The summed E-state index contributed by atoms with van der Waals surface area (Å²) in [4.78, 5) is 4.15. The van der Waals surface area contributed by atoms with Crippen molar-refractivity contribution >= 4 is 0 Å². The van der Waals surface area contributed by atoms with Crippen LogP contribution in [0.15, 0.2) is 24.5 Å². The van der Waals surface area contributed by atoms with Gasteiger partial charge >= 0.3 is 0 Å². The molecule has 0 radical (unpaired) electrons. The van der Waals surface area contributed by atoms with E-state index in [4.69, 9.17) is 5.73 Å². The molecule has 3 nitrogen and oxygen atoms in total. The molecule has 0 fully saturated rings. The predicted octanol–water partition coefficient (Wildman–Crippen LogP) is 2.09. The second-order valence-electron chi connectivity index (χ2n) is 3.78. The first-order valence-corrected chi connectivity index (χ1v) is 5.13. The molecule has 0 amide bonds. The lowest BCUT2D eigenvalue weighted by Crippen LogP contribution is -2.02. The van der Waals surface area contributed by atoms with Crippen LogP contribution in [-0.2, 0) is 6.54 Å². The van der Waals surface area contributed by atoms with Crippen LogP contribution in [0.1, 0.15) is 17.0 Å². The van der Waals surface area contributed by atoms with Crippen LogP contribution in [0.5, 0.6) is 0 Å². The minimum Gasteiger partial charge on any atom is -0.326 e. The van der Waals surface area contributed by atoms with Gasteiger partial charge < -0.3 is 10.3 Å². The van der Waals surface area contributed by atoms with E-state index >= 15 is 0 Å². The molecule has 1 aromatic carbocycles. The van der Waals surface area contributed by atoms with Gasteiger partial charge in [0.05, 0.1) is 17.7 Å². The molecule has 0 bridgehead atoms. The predicted molar refractivity (Wildman–Crippen MR) is 60.9 cm³/mol. The zero-order chi connectivity index (χ0) is 11.7. The summed E-state index contributed by atoms with van der Waals surface area (Å²) in [5.41, 5.74) is 8.60. The van der Waals surface area contributed by atoms with Crippen LogP contribution in [0, 0.1) is 19.7 Å². The molecule has 2 aromatic rings. The fourth-order valence-electron chi connectivity index (χ4n) is 1.61. The number of aromatic nitrogens is 2. The molecule has 0 aliphatic carbocycles. The number of halogens is 1. The third-order valence-electron chi connectivity index (χ3n) is 2.76. The maximum Gasteiger partial charge on any atom is 0.147 e. The van der Waals surface area contributed by atoms with E-state index in [1.807, 2.05) is 19.9 Å². The van der Waals surface area contributed by atoms with Crippen molar-refractivity contribution in [3.8, 4) is 5.69 Å². The molecular formula is C12H14FN3. The highest BCUT2D eigenvalue weighted by Gasteiger charge is 2.09. The highest BCUT2D eigenvalue weighted by Crippen LogP contribution is 2.18. The van der Waals surface area contributed by atoms with Crippen LogP contribution in [-0.4, -0.2) is 9.55 Å². The summed E-state index contributed by atoms with van der Waals surface area (Å²) >= 11 is 0. The van der Waals surface area contributed by atoms with Crippen molar-refractivity contribution in [2.24, 2.45) is 5.73 Å². The smallest absolute Gasteiger partial charge is 0.147 e. The van der Waals surface area contributed by atoms with E-state index in [1.54, 1.807) is 17.0 Å². The van der Waals surface area contributed by atoms with Gasteiger partial charge in [0, 0.05) is 12.2 Å². The standard InChI is InChI=1S/C12H14FN3/c1-8-9(2)16(7-15-8)12-4-3-10(6-14)5-11(12)13/h3-5,7H,6,14H2,1-2H3. The summed E-state index contributed by atoms with van der Waals surface area (Å²) in [5.74, 6) is -0.275. The summed E-state index contributed by atoms with van der Waals surface area (Å²) in [5, 5.41) is 0. The quantitative estimate of drug-likeness (QED) is 0.840. The maximum absolute atomic E-state index is 13.8. The van der Waals surface area contributed by atoms with Crippen molar-refractivity contribution in [2.75, 3.05) is 0 Å². The molecule has 2 N–H and O–H groups in total. The molecule has 0 aliphatic heterocycles. The van der Waals surface area contributed by atoms with Crippen LogP contribution >= 0.6 is 0 Å². The Kier molecular flexibility index (Phi) is 2.75. The van der Waals surface area contributed by atoms with Gasteiger partial charge in [-0.25, -0.2) is 9.37 Å². The van der Waals surface area contributed by atoms with Crippen molar-refractivity contribution in [1.29, 1.82) is 0 Å². The number of hydrogen-bond acceptors (Lipinski definition) is 2. The Balaban J connectivity index is 2.52. The van der Waals surface area contributed by atoms with Crippen molar-refractivity contribution in [2.45, 2.75) is 20.4 Å². The van der Waals surface area contributed by atoms with Gasteiger partial charge in [0.1, 0.15) is 5.82 Å². The third kappa shape index (κ3) is 1.72. The molecule has 2 rings (SSSR count). The Bertz CT molecular complexity index is 517. The first kappa shape index (κ1) is 10.8. The number of nitrogens with two attached hydrogens (primary N) is 1. The largest absolute Gasteiger partial charge is 0.326 e. The second-order valence-corrected chi connectivity index (χ2v) is 3.78. The number of benzene rings is 1. The van der Waals surface area contributed by atoms with Gasteiger partial charge in [-0.05, 0) is 31.5 Å². The zero-order valence-electron chi connectivity index (χ0n) is 9.37. The Hall–Kier alpha value is -1.68. The Morgan fingerprint density at radius 1 is 1.38 bits per heavy atom. The van der Waals surface area contributed by atoms with E-state index in [2.05, 4.69) is 4.98 Å². The lowest BCUT2D eigenvalue weighted by Gasteiger charge is -2.08. The lowest BCUT2D eigenvalue weighted by atomic mass is 10.2. The Morgan fingerprint density at radius 3 is 2.62 bits per heavy atom. The van der Waals surface area contributed by atoms with Gasteiger partial charge in [-0.2, -0.15) is 0 Å². The summed E-state index contributed by atoms with van der Waals surface area (Å²) in [6, 6.07) is 5.02. The van der Waals surface area contributed by atoms with Gasteiger partial charge in [0.2, 0.25) is 0 Å². The highest BCUT2D eigenvalue weighted by atomic mass is 19.1. The molecule has 0 atom stereocenters. The molecule has 0 aliphatic rings. The van der Waals surface area contributed by atoms with Crippen LogP contribution < -0.4 is 5.73 Å². The summed E-state index contributed by atoms with van der Waals surface area (Å²) in [6.45, 7) is 4.16. The third-order valence-corrected chi connectivity index (χ3v) is 2.76. The first-order valence-electron chi connectivity index (χ1n) is 5.13. The molecule has 0 unspecified atom stereocenters. The Labute approximate surface area is 93.7 Å². The minimum absolute atomic E-state index is 0.275. The van der Waals surface area contributed by atoms with Crippen molar-refractivity contribution < 1.29 is 4.39 Å². The van der Waals surface area contributed by atoms with Gasteiger partial charge in [-0.15, -0.1) is 0 Å². The molecule has 16 heavy (non-hydrogen) atoms. The zero-order valence-corrected chi connectivity index (χ0v) is 9.37. The van der Waals surface area contributed by atoms with Gasteiger partial charge in [-0.1, -0.05) is 6.07 Å². The second kappa shape index (κ2) is 4.06. The number of rotatable bonds is 2. The molecule has 84 valence electrons. The van der Waals surface area contributed by atoms with Crippen LogP contribution in [0.4, 0.5) is 4.39 Å². The molecule has 0 spiro atoms. The van der Waals surface area contributed by atoms with E-state index in [0.717, 1.165) is 17.0 Å². The number of hydrogen-bond donors (Lipinski definition) is 1. The minimum atomic E-state index is -0.275. The molecule has 4 heteroatoms. The van der Waals surface area contributed by atoms with Crippen molar-refractivity contribution in [1.82, 2.24) is 9.55 Å². The summed E-state index contributed by atoms with van der Waals surface area (Å²) < 4.78 is 15.5. The Morgan fingerprint density at radius 2 is 2.12 bits per heavy atom. The molecule has 1 aromatic heterocycles. The average Bonchev–Trinajstić information content (AvgIpc) is 2.60. The SMILES string of the molecule is Cc1ncn(-c2ccc(CN)cc2F)c1C. The van der Waals surface area contributed by atoms with E-state index in [-0.39, 0.29) is 5.82 Å². The van der Waals surface area contributed by atoms with Crippen molar-refractivity contribution in [3.05, 3.63) is 47.3 Å². The summed E-state index contributed by atoms with van der Waals surface area (Å²) in [7, 11) is 0. The maximum atomic E-state index is 13.8. The number of aryl methyl sites for hydroxylation is 1. The monoisotopic (exact) mass is 219 g/mol. The van der Waals surface area contributed by atoms with Gasteiger partial charge in [-0.3, -0.25) is 0 Å². The average molecular weight is 219 g/mol. The van der Waals surface area contributed by atoms with Gasteiger partial charge in [0.15, 0.2) is 0 Å². The van der Waals surface area contributed by atoms with Gasteiger partial charge in [0.25, 0.3) is 0 Å². The molecule has 0 saturated carbocycles. The van der Waals surface area contributed by atoms with Crippen LogP contribution in [0.2, 0.25) is 0 Å². The molecule has 0 saturated heterocycles. The van der Waals surface area contributed by atoms with E-state index < -0.39 is 0 Å². The number of nitrogens with zero attached hydrogens (tertiary/aromatic N) is 2. The normalized spacial score (nSPS) is 10.8. The first-order chi connectivity index (χ1) is 7.63. The fourth-order valence-corrected chi connectivity index (χ4v) is 1.61. The topological polar surface area (TPSA) is 43.8 Å². The molecular weight excluding hydrogens is 205 g/mol. The van der Waals surface area contributed by atoms with E-state index in [0.29, 0.717) is 12.2 Å². The fraction of sp³-hybridized carbons (Fsp3) is 0.250. The van der Waals surface area contributed by atoms with Crippen LogP contribution in [0.25, 0.3) is 5.69 Å². The number of imidazole rings is 1. The summed E-state index contributed by atoms with van der Waals surface area (Å²) in [6.07, 6.45) is 1.63. The van der Waals surface area contributed by atoms with Crippen LogP contribution in [0.3, 0.4) is 0 Å². The molecule has 1 heterocycles.